The van der Waals surface area contributed by atoms with E-state index < -0.39 is 18.1 Å². The van der Waals surface area contributed by atoms with Crippen LogP contribution in [0.4, 0.5) is 0 Å². The zero-order chi connectivity index (χ0) is 17.3. The van der Waals surface area contributed by atoms with Crippen molar-refractivity contribution in [1.29, 1.82) is 0 Å². The lowest BCUT2D eigenvalue weighted by Crippen LogP contribution is -2.24. The number of nitrogens with zero attached hydrogens (tertiary/aromatic N) is 3. The van der Waals surface area contributed by atoms with Crippen LogP contribution in [-0.2, 0) is 11.3 Å². The number of ether oxygens (including phenoxy) is 2. The summed E-state index contributed by atoms with van der Waals surface area (Å²) >= 11 is 0. The van der Waals surface area contributed by atoms with E-state index in [0.29, 0.717) is 22.8 Å². The minimum Gasteiger partial charge on any atom is -0.497 e. The van der Waals surface area contributed by atoms with E-state index in [1.54, 1.807) is 38.5 Å². The van der Waals surface area contributed by atoms with E-state index in [2.05, 4.69) is 5.10 Å². The molecule has 0 bridgehead atoms. The van der Waals surface area contributed by atoms with Gasteiger partial charge in [-0.05, 0) is 24.3 Å². The minimum atomic E-state index is -1.09. The fourth-order valence-electron chi connectivity index (χ4n) is 2.44. The second kappa shape index (κ2) is 6.07. The molecule has 0 unspecified atom stereocenters. The SMILES string of the molecule is COc1ccc(OC)c(-c2cc3c(=O)n(CC(=O)O)ccn3n2)c1. The van der Waals surface area contributed by atoms with Gasteiger partial charge in [-0.15, -0.1) is 0 Å². The van der Waals surface area contributed by atoms with Gasteiger partial charge in [-0.2, -0.15) is 5.10 Å². The quantitative estimate of drug-likeness (QED) is 0.757. The number of carboxylic acids is 1. The lowest BCUT2D eigenvalue weighted by molar-refractivity contribution is -0.137. The highest BCUT2D eigenvalue weighted by Gasteiger charge is 2.14. The minimum absolute atomic E-state index is 0.277. The van der Waals surface area contributed by atoms with Crippen molar-refractivity contribution in [3.05, 3.63) is 47.0 Å². The number of aromatic nitrogens is 3. The van der Waals surface area contributed by atoms with Gasteiger partial charge >= 0.3 is 5.97 Å². The summed E-state index contributed by atoms with van der Waals surface area (Å²) in [5.74, 6) is 0.131. The first kappa shape index (κ1) is 15.6. The Morgan fingerprint density at radius 1 is 1.21 bits per heavy atom. The third-order valence-corrected chi connectivity index (χ3v) is 3.59. The maximum atomic E-state index is 12.4. The monoisotopic (exact) mass is 329 g/mol. The number of hydrogen-bond acceptors (Lipinski definition) is 5. The second-order valence-corrected chi connectivity index (χ2v) is 5.05. The zero-order valence-corrected chi connectivity index (χ0v) is 13.1. The summed E-state index contributed by atoms with van der Waals surface area (Å²) in [5.41, 5.74) is 1.04. The molecule has 0 aliphatic heterocycles. The number of hydrogen-bond donors (Lipinski definition) is 1. The molecule has 1 aromatic carbocycles. The van der Waals surface area contributed by atoms with E-state index >= 15 is 0 Å². The average molecular weight is 329 g/mol. The molecule has 1 N–H and O–H groups in total. The van der Waals surface area contributed by atoms with Gasteiger partial charge in [0.25, 0.3) is 5.56 Å². The number of fused-ring (bicyclic) bond motifs is 1. The molecule has 0 saturated heterocycles. The molecule has 3 aromatic rings. The number of carbonyl (C=O) groups is 1. The van der Waals surface area contributed by atoms with Crippen LogP contribution in [0.2, 0.25) is 0 Å². The molecule has 0 aliphatic carbocycles. The molecule has 124 valence electrons. The first-order valence-corrected chi connectivity index (χ1v) is 7.06. The normalized spacial score (nSPS) is 10.8. The van der Waals surface area contributed by atoms with Gasteiger partial charge in [0.1, 0.15) is 23.6 Å². The summed E-state index contributed by atoms with van der Waals surface area (Å²) in [4.78, 5) is 23.2. The molecule has 8 nitrogen and oxygen atoms in total. The smallest absolute Gasteiger partial charge is 0.323 e. The molecule has 2 aromatic heterocycles. The summed E-state index contributed by atoms with van der Waals surface area (Å²) in [7, 11) is 3.10. The molecule has 0 radical (unpaired) electrons. The van der Waals surface area contributed by atoms with Gasteiger partial charge in [0.15, 0.2) is 0 Å². The van der Waals surface area contributed by atoms with E-state index in [1.807, 2.05) is 0 Å². The van der Waals surface area contributed by atoms with Crippen LogP contribution in [0.1, 0.15) is 0 Å². The van der Waals surface area contributed by atoms with E-state index in [0.717, 1.165) is 4.57 Å². The highest BCUT2D eigenvalue weighted by atomic mass is 16.5. The molecule has 0 aliphatic rings. The summed E-state index contributed by atoms with van der Waals surface area (Å²) < 4.78 is 13.1. The molecule has 0 amide bonds. The Hall–Kier alpha value is -3.29. The summed E-state index contributed by atoms with van der Waals surface area (Å²) in [6.07, 6.45) is 2.93. The Balaban J connectivity index is 2.17. The van der Waals surface area contributed by atoms with Gasteiger partial charge in [0.2, 0.25) is 0 Å². The molecule has 8 heteroatoms. The average Bonchev–Trinajstić information content (AvgIpc) is 3.01. The Kier molecular flexibility index (Phi) is 3.95. The number of benzene rings is 1. The number of aliphatic carboxylic acids is 1. The highest BCUT2D eigenvalue weighted by molar-refractivity contribution is 5.73. The lowest BCUT2D eigenvalue weighted by Gasteiger charge is -2.08. The van der Waals surface area contributed by atoms with Gasteiger partial charge in [0, 0.05) is 18.0 Å². The molecule has 24 heavy (non-hydrogen) atoms. The van der Waals surface area contributed by atoms with Crippen molar-refractivity contribution in [1.82, 2.24) is 14.2 Å². The molecule has 0 spiro atoms. The summed E-state index contributed by atoms with van der Waals surface area (Å²) in [6, 6.07) is 6.87. The largest absolute Gasteiger partial charge is 0.497 e. The Morgan fingerprint density at radius 2 is 2.00 bits per heavy atom. The van der Waals surface area contributed by atoms with E-state index in [1.165, 1.54) is 16.9 Å². The van der Waals surface area contributed by atoms with E-state index in [-0.39, 0.29) is 5.52 Å². The van der Waals surface area contributed by atoms with Gasteiger partial charge in [-0.25, -0.2) is 4.52 Å². The van der Waals surface area contributed by atoms with Gasteiger partial charge in [-0.3, -0.25) is 9.59 Å². The van der Waals surface area contributed by atoms with Crippen LogP contribution >= 0.6 is 0 Å². The summed E-state index contributed by atoms with van der Waals surface area (Å²) in [5, 5.41) is 13.2. The Morgan fingerprint density at radius 3 is 2.67 bits per heavy atom. The van der Waals surface area contributed by atoms with Crippen LogP contribution in [0.5, 0.6) is 11.5 Å². The van der Waals surface area contributed by atoms with Crippen LogP contribution in [0.3, 0.4) is 0 Å². The van der Waals surface area contributed by atoms with Crippen LogP contribution in [0, 0.1) is 0 Å². The zero-order valence-electron chi connectivity index (χ0n) is 13.1. The van der Waals surface area contributed by atoms with Crippen molar-refractivity contribution in [3.8, 4) is 22.8 Å². The van der Waals surface area contributed by atoms with Crippen LogP contribution in [-0.4, -0.2) is 39.5 Å². The molecule has 0 fully saturated rings. The predicted molar refractivity (Wildman–Crippen MR) is 85.6 cm³/mol. The third kappa shape index (κ3) is 2.69. The lowest BCUT2D eigenvalue weighted by atomic mass is 10.1. The molecule has 0 saturated carbocycles. The number of rotatable bonds is 5. The van der Waals surface area contributed by atoms with Crippen molar-refractivity contribution < 1.29 is 19.4 Å². The van der Waals surface area contributed by atoms with Crippen LogP contribution in [0.25, 0.3) is 16.8 Å². The van der Waals surface area contributed by atoms with Crippen molar-refractivity contribution in [2.75, 3.05) is 14.2 Å². The first-order chi connectivity index (χ1) is 11.5. The third-order valence-electron chi connectivity index (χ3n) is 3.59. The van der Waals surface area contributed by atoms with Gasteiger partial charge in [0.05, 0.1) is 19.9 Å². The highest BCUT2D eigenvalue weighted by Crippen LogP contribution is 2.32. The Labute approximate surface area is 136 Å². The number of carboxylic acid groups (broad SMARTS) is 1. The van der Waals surface area contributed by atoms with Crippen molar-refractivity contribution in [3.63, 3.8) is 0 Å². The summed E-state index contributed by atoms with van der Waals surface area (Å²) in [6.45, 7) is -0.404. The maximum Gasteiger partial charge on any atom is 0.323 e. The molecule has 2 heterocycles. The van der Waals surface area contributed by atoms with Crippen molar-refractivity contribution in [2.45, 2.75) is 6.54 Å². The molecule has 0 atom stereocenters. The van der Waals surface area contributed by atoms with E-state index in [9.17, 15) is 9.59 Å². The van der Waals surface area contributed by atoms with Crippen molar-refractivity contribution >= 4 is 11.5 Å². The molecular formula is C16H15N3O5. The predicted octanol–water partition coefficient (Wildman–Crippen LogP) is 1.26. The first-order valence-electron chi connectivity index (χ1n) is 7.06. The molecule has 3 rings (SSSR count). The Bertz CT molecular complexity index is 973. The van der Waals surface area contributed by atoms with E-state index in [4.69, 9.17) is 14.6 Å². The topological polar surface area (TPSA) is 95.1 Å². The van der Waals surface area contributed by atoms with Crippen molar-refractivity contribution in [2.24, 2.45) is 0 Å². The van der Waals surface area contributed by atoms with Gasteiger partial charge in [-0.1, -0.05) is 0 Å². The fourth-order valence-corrected chi connectivity index (χ4v) is 2.44. The van der Waals surface area contributed by atoms with Gasteiger partial charge < -0.3 is 19.1 Å². The van der Waals surface area contributed by atoms with Crippen LogP contribution in [0.15, 0.2) is 41.5 Å². The van der Waals surface area contributed by atoms with Crippen LogP contribution < -0.4 is 15.0 Å². The maximum absolute atomic E-state index is 12.4. The number of methoxy groups -OCH3 is 2. The standard InChI is InChI=1S/C16H15N3O5/c1-23-10-3-4-14(24-2)11(7-10)12-8-13-16(22)18(9-15(20)21)5-6-19(13)17-12/h3-8H,9H2,1-2H3,(H,20,21). The molecular weight excluding hydrogens is 314 g/mol. The second-order valence-electron chi connectivity index (χ2n) is 5.05. The fraction of sp³-hybridized carbons (Fsp3) is 0.188.